The molecule has 2 saturated heterocycles. The van der Waals surface area contributed by atoms with Crippen molar-refractivity contribution >= 4 is 70.9 Å². The Morgan fingerprint density at radius 2 is 1.29 bits per heavy atom. The number of halogens is 6. The van der Waals surface area contributed by atoms with Crippen LogP contribution in [0.4, 0.5) is 26.3 Å². The van der Waals surface area contributed by atoms with E-state index in [-0.39, 0.29) is 122 Å². The maximum absolute atomic E-state index is 15.8. The van der Waals surface area contributed by atoms with Gasteiger partial charge in [-0.15, -0.1) is 0 Å². The van der Waals surface area contributed by atoms with Gasteiger partial charge in [0.15, 0.2) is 0 Å². The van der Waals surface area contributed by atoms with E-state index in [2.05, 4.69) is 16.0 Å². The standard InChI is InChI=1S/C78H124F6N12O14/c1-16-19-27-55-66(100)86-64(47(4)17-2)72(106)90(10)44-63(99)92(12)56-28-21-20-24-37-95(71(56)105)59(38-48-29-33-51(34-30-48)77(79,80)81)70(104)89(9)43-61(97)85-54(36-32-49-31-35-53(78(82,83)84)60(39-49)109-15)68(102)96-42-52(110-18-3)40-57(96)67(101)87-76(45-75(5,6)46-76)74(108)94(14)65(50-25-22-23-26-50)73(107)93(13)58(69(103)88(7)8)41-62(98)91(55)11/h20-21,47-60,64-65H,16-19,22-46H2,1-15H3,(H,85,97)(H,86,100)(H,87,101)/b21-20-/t47-,48?,49?,51?,52+,53?,54-,55-,56-,57-,58-,59-,60?,64-,65-/m0/s1. The Labute approximate surface area is 645 Å². The molecule has 0 aromatic rings. The first-order valence-electron chi connectivity index (χ1n) is 39.8. The van der Waals surface area contributed by atoms with Crippen molar-refractivity contribution in [1.29, 1.82) is 0 Å². The number of nitrogens with zero attached hydrogens (tertiary/aromatic N) is 9. The van der Waals surface area contributed by atoms with Crippen LogP contribution in [-0.4, -0.2) is 290 Å². The molecule has 3 aliphatic heterocycles. The van der Waals surface area contributed by atoms with E-state index in [1.54, 1.807) is 32.9 Å². The summed E-state index contributed by atoms with van der Waals surface area (Å²) in [7, 11) is 12.4. The quantitative estimate of drug-likeness (QED) is 0.112. The lowest BCUT2D eigenvalue weighted by Crippen LogP contribution is -2.71. The zero-order valence-corrected chi connectivity index (χ0v) is 67.4. The summed E-state index contributed by atoms with van der Waals surface area (Å²) in [5.41, 5.74) is -2.26. The van der Waals surface area contributed by atoms with Crippen LogP contribution in [0.1, 0.15) is 196 Å². The fourth-order valence-electron chi connectivity index (χ4n) is 18.2. The molecule has 6 fully saturated rings. The minimum absolute atomic E-state index is 0.0344. The van der Waals surface area contributed by atoms with Gasteiger partial charge in [0, 0.05) is 89.6 Å². The van der Waals surface area contributed by atoms with Crippen LogP contribution in [0.5, 0.6) is 0 Å². The van der Waals surface area contributed by atoms with Crippen molar-refractivity contribution in [1.82, 2.24) is 60.0 Å². The minimum Gasteiger partial charge on any atom is -0.381 e. The minimum atomic E-state index is -4.57. The van der Waals surface area contributed by atoms with Gasteiger partial charge in [-0.25, -0.2) is 0 Å². The summed E-state index contributed by atoms with van der Waals surface area (Å²) in [6, 6.07) is -10.9. The molecule has 4 saturated carbocycles. The predicted octanol–water partition coefficient (Wildman–Crippen LogP) is 6.86. The van der Waals surface area contributed by atoms with E-state index in [1.165, 1.54) is 88.0 Å². The molecule has 1 spiro atoms. The van der Waals surface area contributed by atoms with Crippen LogP contribution in [0.2, 0.25) is 0 Å². The summed E-state index contributed by atoms with van der Waals surface area (Å²) in [5.74, 6) is -14.2. The van der Waals surface area contributed by atoms with Crippen molar-refractivity contribution in [2.45, 2.75) is 274 Å². The Morgan fingerprint density at radius 3 is 1.87 bits per heavy atom. The fraction of sp³-hybridized carbons (Fsp3) is 0.821. The number of alkyl halides is 6. The Kier molecular flexibility index (Phi) is 31.6. The van der Waals surface area contributed by atoms with E-state index in [4.69, 9.17) is 9.47 Å². The molecular weight excluding hydrogens is 1440 g/mol. The molecule has 12 amide bonds. The number of hydrogen-bond acceptors (Lipinski definition) is 14. The van der Waals surface area contributed by atoms with Crippen LogP contribution in [0, 0.1) is 40.9 Å². The highest BCUT2D eigenvalue weighted by atomic mass is 19.4. The van der Waals surface area contributed by atoms with Crippen LogP contribution in [0.3, 0.4) is 0 Å². The van der Waals surface area contributed by atoms with Gasteiger partial charge in [0.05, 0.1) is 43.6 Å². The number of fused-ring (bicyclic) bond motifs is 3. The predicted molar refractivity (Wildman–Crippen MR) is 396 cm³/mol. The van der Waals surface area contributed by atoms with Gasteiger partial charge in [-0.05, 0) is 145 Å². The Bertz CT molecular complexity index is 3280. The number of methoxy groups -OCH3 is 1. The molecule has 2 bridgehead atoms. The molecule has 3 heterocycles. The third-order valence-corrected chi connectivity index (χ3v) is 24.7. The van der Waals surface area contributed by atoms with Crippen molar-refractivity contribution in [2.75, 3.05) is 96.3 Å². The molecule has 4 aliphatic carbocycles. The van der Waals surface area contributed by atoms with Gasteiger partial charge in [-0.3, -0.25) is 57.5 Å². The van der Waals surface area contributed by atoms with Crippen molar-refractivity contribution in [3.05, 3.63) is 12.2 Å². The molecule has 110 heavy (non-hydrogen) atoms. The van der Waals surface area contributed by atoms with Gasteiger partial charge in [0.1, 0.15) is 53.9 Å². The van der Waals surface area contributed by atoms with Gasteiger partial charge >= 0.3 is 12.4 Å². The number of carbonyl (C=O) groups excluding carboxylic acids is 12. The largest absolute Gasteiger partial charge is 0.394 e. The second-order valence-corrected chi connectivity index (χ2v) is 33.5. The van der Waals surface area contributed by atoms with E-state index >= 15 is 28.8 Å². The molecule has 7 rings (SSSR count). The van der Waals surface area contributed by atoms with Gasteiger partial charge < -0.3 is 69.5 Å². The van der Waals surface area contributed by atoms with Crippen molar-refractivity contribution in [3.8, 4) is 0 Å². The molecule has 3 unspecified atom stereocenters. The number of ether oxygens (including phenoxy) is 2. The number of hydrogen-bond donors (Lipinski definition) is 3. The van der Waals surface area contributed by atoms with Gasteiger partial charge in [-0.2, -0.15) is 26.3 Å². The van der Waals surface area contributed by atoms with Crippen LogP contribution in [-0.2, 0) is 67.0 Å². The normalized spacial score (nSPS) is 31.4. The SMILES string of the molecule is CCCC[C@H]1C(=O)N[C@@H]([C@@H](C)CC)C(=O)N(C)CC(=O)N(C)[C@H]2C/C=C\CCN(C2=O)[C@@H](CC2CCC(C(F)(F)F)CC2)C(=O)N(C)CC(=O)N[C@@H](CCC2CCC(C(F)(F)F)C(OC)C2)C(=O)N2C[C@H](OCC)C[C@H]2C(=O)NC2(CC(C)(C)C2)C(=O)N(C)[C@@H](C2CCCC2)C(=O)N(C)[C@H](C(=O)N(C)C)CC(=O)N1C. The smallest absolute Gasteiger partial charge is 0.381 e. The third kappa shape index (κ3) is 22.0. The molecule has 0 aromatic heterocycles. The van der Waals surface area contributed by atoms with E-state index in [9.17, 15) is 55.1 Å². The van der Waals surface area contributed by atoms with E-state index in [0.29, 0.717) is 44.9 Å². The molecule has 13 atom stereocenters. The molecule has 0 radical (unpaired) electrons. The first kappa shape index (κ1) is 90.1. The average molecular weight is 1570 g/mol. The summed E-state index contributed by atoms with van der Waals surface area (Å²) >= 11 is 0. The maximum Gasteiger partial charge on any atom is 0.394 e. The highest BCUT2D eigenvalue weighted by molar-refractivity contribution is 6.01. The second-order valence-electron chi connectivity index (χ2n) is 33.5. The monoisotopic (exact) mass is 1570 g/mol. The zero-order chi connectivity index (χ0) is 81.8. The van der Waals surface area contributed by atoms with E-state index in [1.807, 2.05) is 20.8 Å². The summed E-state index contributed by atoms with van der Waals surface area (Å²) in [6.07, 6.45) is -5.14. The molecule has 622 valence electrons. The van der Waals surface area contributed by atoms with E-state index in [0.717, 1.165) is 19.6 Å². The van der Waals surface area contributed by atoms with Crippen LogP contribution in [0.15, 0.2) is 12.2 Å². The first-order chi connectivity index (χ1) is 51.5. The van der Waals surface area contributed by atoms with Gasteiger partial charge in [0.2, 0.25) is 70.9 Å². The Morgan fingerprint density at radius 1 is 0.655 bits per heavy atom. The Balaban J connectivity index is 1.34. The topological polar surface area (TPSA) is 289 Å². The van der Waals surface area contributed by atoms with Crippen molar-refractivity contribution in [2.24, 2.45) is 40.9 Å². The number of amides is 12. The van der Waals surface area contributed by atoms with Crippen LogP contribution < -0.4 is 16.0 Å². The molecule has 26 nitrogen and oxygen atoms in total. The zero-order valence-electron chi connectivity index (χ0n) is 67.4. The van der Waals surface area contributed by atoms with Crippen molar-refractivity contribution in [3.63, 3.8) is 0 Å². The van der Waals surface area contributed by atoms with Gasteiger partial charge in [-0.1, -0.05) is 78.9 Å². The lowest BCUT2D eigenvalue weighted by molar-refractivity contribution is -0.215. The highest BCUT2D eigenvalue weighted by Gasteiger charge is 2.60. The van der Waals surface area contributed by atoms with Crippen molar-refractivity contribution < 1.29 is 93.4 Å². The Hall–Kier alpha value is -7.12. The number of likely N-dealkylation sites (N-methyl/N-ethyl adjacent to an activating group) is 7. The average Bonchev–Trinajstić information content (AvgIpc) is 0.808. The summed E-state index contributed by atoms with van der Waals surface area (Å²) in [5, 5.41) is 8.73. The molecule has 3 N–H and O–H groups in total. The second kappa shape index (κ2) is 38.6. The maximum atomic E-state index is 15.8. The van der Waals surface area contributed by atoms with E-state index < -0.39 is 210 Å². The third-order valence-electron chi connectivity index (χ3n) is 24.7. The van der Waals surface area contributed by atoms with Crippen LogP contribution in [0.25, 0.3) is 0 Å². The summed E-state index contributed by atoms with van der Waals surface area (Å²) < 4.78 is 97.1. The number of carbonyl (C=O) groups is 12. The summed E-state index contributed by atoms with van der Waals surface area (Å²) in [4.78, 5) is 193. The van der Waals surface area contributed by atoms with Crippen LogP contribution >= 0.6 is 0 Å². The lowest BCUT2D eigenvalue weighted by Gasteiger charge is -2.54. The molecule has 32 heteroatoms. The first-order valence-corrected chi connectivity index (χ1v) is 39.8. The highest BCUT2D eigenvalue weighted by Crippen LogP contribution is 2.50. The lowest BCUT2D eigenvalue weighted by atomic mass is 9.58. The number of rotatable bonds is 15. The fourth-order valence-corrected chi connectivity index (χ4v) is 18.2. The van der Waals surface area contributed by atoms with Gasteiger partial charge in [0.25, 0.3) is 0 Å². The molecule has 7 aliphatic rings. The molecule has 0 aromatic carbocycles. The summed E-state index contributed by atoms with van der Waals surface area (Å²) in [6.45, 7) is 9.35. The number of nitrogens with one attached hydrogen (secondary N) is 3. The number of unbranched alkanes of at least 4 members (excludes halogenated alkanes) is 1. The molecular formula is C78H124F6N12O14.